The molecule has 0 bridgehead atoms. The fraction of sp³-hybridized carbons (Fsp3) is 0. The van der Waals surface area contributed by atoms with E-state index in [0.29, 0.717) is 0 Å². The zero-order valence-corrected chi connectivity index (χ0v) is 10.0. The van der Waals surface area contributed by atoms with Gasteiger partial charge in [0.2, 0.25) is 0 Å². The molecule has 2 radical (unpaired) electrons. The van der Waals surface area contributed by atoms with Crippen LogP contribution in [0.25, 0.3) is 0 Å². The van der Waals surface area contributed by atoms with E-state index in [4.69, 9.17) is 15.0 Å². The Labute approximate surface area is 120 Å². The molecule has 0 saturated carbocycles. The molecule has 0 aliphatic rings. The summed E-state index contributed by atoms with van der Waals surface area (Å²) in [6.45, 7) is 0. The Morgan fingerprint density at radius 3 is 1.17 bits per heavy atom. The van der Waals surface area contributed by atoms with Gasteiger partial charge in [-0.3, -0.25) is 0 Å². The molecule has 0 saturated heterocycles. The molecule has 0 unspecified atom stereocenters. The Morgan fingerprint density at radius 2 is 1.17 bits per heavy atom. The van der Waals surface area contributed by atoms with Crippen LogP contribution in [0.1, 0.15) is 0 Å². The van der Waals surface area contributed by atoms with Crippen molar-refractivity contribution in [2.24, 2.45) is 0 Å². The van der Waals surface area contributed by atoms with Crippen molar-refractivity contribution in [3.63, 3.8) is 0 Å². The summed E-state index contributed by atoms with van der Waals surface area (Å²) in [5.74, 6) is 0. The van der Waals surface area contributed by atoms with Gasteiger partial charge >= 0.3 is 6.16 Å². The van der Waals surface area contributed by atoms with Gasteiger partial charge in [0.05, 0.1) is 0 Å². The topological polar surface area (TPSA) is 57.5 Å². The van der Waals surface area contributed by atoms with Gasteiger partial charge < -0.3 is 10.2 Å². The maximum Gasteiger partial charge on any atom is 0.503 e. The zero-order valence-electron chi connectivity index (χ0n) is 3.80. The maximum absolute atomic E-state index is 8.56. The number of hydrogen-bond donors (Lipinski definition) is 2. The fourth-order valence-corrected chi connectivity index (χ4v) is 0. The van der Waals surface area contributed by atoms with Crippen LogP contribution in [0.15, 0.2) is 0 Å². The molecule has 3 nitrogen and oxygen atoms in total. The molecular formula is CH2K2O3. The van der Waals surface area contributed by atoms with Crippen molar-refractivity contribution in [2.75, 3.05) is 0 Å². The summed E-state index contributed by atoms with van der Waals surface area (Å²) in [4.78, 5) is 8.56. The van der Waals surface area contributed by atoms with E-state index in [1.54, 1.807) is 0 Å². The largest absolute Gasteiger partial charge is 0.503 e. The monoisotopic (exact) mass is 140 g/mol. The van der Waals surface area contributed by atoms with Crippen LogP contribution in [0.4, 0.5) is 4.79 Å². The molecule has 0 heterocycles. The van der Waals surface area contributed by atoms with E-state index < -0.39 is 6.16 Å². The van der Waals surface area contributed by atoms with Gasteiger partial charge in [-0.2, -0.15) is 0 Å². The molecular weight excluding hydrogens is 138 g/mol. The van der Waals surface area contributed by atoms with E-state index in [9.17, 15) is 0 Å². The van der Waals surface area contributed by atoms with Crippen LogP contribution < -0.4 is 0 Å². The quantitative estimate of drug-likeness (QED) is 0.444. The van der Waals surface area contributed by atoms with Crippen molar-refractivity contribution in [1.29, 1.82) is 0 Å². The van der Waals surface area contributed by atoms with Crippen LogP contribution >= 0.6 is 0 Å². The van der Waals surface area contributed by atoms with Crippen LogP contribution in [0.5, 0.6) is 0 Å². The van der Waals surface area contributed by atoms with Crippen LogP contribution in [0.3, 0.4) is 0 Å². The molecule has 0 fully saturated rings. The first-order valence-corrected chi connectivity index (χ1v) is 0.651. The molecule has 0 aromatic rings. The van der Waals surface area contributed by atoms with E-state index in [1.807, 2.05) is 0 Å². The van der Waals surface area contributed by atoms with Crippen molar-refractivity contribution >= 4 is 109 Å². The third-order valence-electron chi connectivity index (χ3n) is 0. The van der Waals surface area contributed by atoms with Crippen LogP contribution in [0, 0.1) is 0 Å². The third-order valence-corrected chi connectivity index (χ3v) is 0. The fourth-order valence-electron chi connectivity index (χ4n) is 0. The first-order valence-electron chi connectivity index (χ1n) is 0.651. The molecule has 0 spiro atoms. The summed E-state index contributed by atoms with van der Waals surface area (Å²) in [6.07, 6.45) is -1.83. The molecule has 0 atom stereocenters. The summed E-state index contributed by atoms with van der Waals surface area (Å²) in [6, 6.07) is 0. The van der Waals surface area contributed by atoms with E-state index in [2.05, 4.69) is 0 Å². The molecule has 0 aliphatic carbocycles. The zero-order chi connectivity index (χ0) is 3.58. The average Bonchev–Trinajstić information content (AvgIpc) is 0.811. The minimum absolute atomic E-state index is 0. The van der Waals surface area contributed by atoms with Crippen molar-refractivity contribution < 1.29 is 15.0 Å². The van der Waals surface area contributed by atoms with Gasteiger partial charge in [-0.05, 0) is 0 Å². The number of carbonyl (C=O) groups is 1. The first kappa shape index (κ1) is 15.8. The van der Waals surface area contributed by atoms with Gasteiger partial charge in [-0.1, -0.05) is 0 Å². The summed E-state index contributed by atoms with van der Waals surface area (Å²) in [7, 11) is 0. The Morgan fingerprint density at radius 1 is 1.17 bits per heavy atom. The number of rotatable bonds is 0. The van der Waals surface area contributed by atoms with Gasteiger partial charge in [0.15, 0.2) is 0 Å². The number of hydrogen-bond acceptors (Lipinski definition) is 1. The van der Waals surface area contributed by atoms with Gasteiger partial charge in [0, 0.05) is 103 Å². The van der Waals surface area contributed by atoms with Crippen molar-refractivity contribution in [3.05, 3.63) is 0 Å². The average molecular weight is 140 g/mol. The summed E-state index contributed by atoms with van der Waals surface area (Å²) < 4.78 is 0. The Kier molecular flexibility index (Phi) is 27.7. The third kappa shape index (κ3) is 31.1. The van der Waals surface area contributed by atoms with Gasteiger partial charge in [0.25, 0.3) is 0 Å². The summed E-state index contributed by atoms with van der Waals surface area (Å²) in [5, 5.41) is 13.9. The minimum Gasteiger partial charge on any atom is -0.450 e. The summed E-state index contributed by atoms with van der Waals surface area (Å²) >= 11 is 0. The van der Waals surface area contributed by atoms with E-state index >= 15 is 0 Å². The molecule has 2 N–H and O–H groups in total. The molecule has 5 heteroatoms. The van der Waals surface area contributed by atoms with Gasteiger partial charge in [0.1, 0.15) is 0 Å². The predicted octanol–water partition coefficient (Wildman–Crippen LogP) is -0.539. The smallest absolute Gasteiger partial charge is 0.450 e. The second-order valence-corrected chi connectivity index (χ2v) is 0.283. The standard InChI is InChI=1S/CH2O3.2K/c2-1(3)4;;/h(H2,2,3,4);;. The van der Waals surface area contributed by atoms with Gasteiger partial charge in [-0.15, -0.1) is 0 Å². The van der Waals surface area contributed by atoms with Crippen LogP contribution in [-0.2, 0) is 0 Å². The summed E-state index contributed by atoms with van der Waals surface area (Å²) in [5.41, 5.74) is 0. The normalized spacial score (nSPS) is 4.00. The Balaban J connectivity index is -0.0000000450. The van der Waals surface area contributed by atoms with Gasteiger partial charge in [-0.25, -0.2) is 4.79 Å². The first-order chi connectivity index (χ1) is 1.73. The van der Waals surface area contributed by atoms with E-state index in [1.165, 1.54) is 0 Å². The van der Waals surface area contributed by atoms with Crippen LogP contribution in [0.2, 0.25) is 0 Å². The van der Waals surface area contributed by atoms with Crippen LogP contribution in [-0.4, -0.2) is 119 Å². The number of carboxylic acid groups (broad SMARTS) is 2. The SMILES string of the molecule is O=C(O)O.[K].[K]. The van der Waals surface area contributed by atoms with Crippen molar-refractivity contribution in [3.8, 4) is 0 Å². The molecule has 0 amide bonds. The van der Waals surface area contributed by atoms with E-state index in [0.717, 1.165) is 0 Å². The second kappa shape index (κ2) is 10.5. The molecule has 0 aromatic heterocycles. The van der Waals surface area contributed by atoms with E-state index in [-0.39, 0.29) is 103 Å². The molecule has 0 rings (SSSR count). The predicted molar refractivity (Wildman–Crippen MR) is 22.2 cm³/mol. The second-order valence-electron chi connectivity index (χ2n) is 0.283. The van der Waals surface area contributed by atoms with Crippen molar-refractivity contribution in [1.82, 2.24) is 0 Å². The maximum atomic E-state index is 8.56. The Hall–Kier alpha value is 2.54. The molecule has 26 valence electrons. The molecule has 0 aromatic carbocycles. The Bertz CT molecular complexity index is 31.8. The van der Waals surface area contributed by atoms with Crippen molar-refractivity contribution in [2.45, 2.75) is 0 Å². The minimum atomic E-state index is -1.83. The molecule has 6 heavy (non-hydrogen) atoms. The molecule has 0 aliphatic heterocycles.